The maximum absolute atomic E-state index is 11.1. The number of rotatable bonds is 45. The molecule has 12 unspecified atom stereocenters. The largest absolute Gasteiger partial charge is 0.496 e. The molecule has 8 N–H and O–H groups in total. The van der Waals surface area contributed by atoms with Gasteiger partial charge in [-0.1, -0.05) is 31.6 Å². The van der Waals surface area contributed by atoms with Crippen molar-refractivity contribution in [2.75, 3.05) is 93.5 Å². The minimum Gasteiger partial charge on any atom is -0.496 e. The summed E-state index contributed by atoms with van der Waals surface area (Å²) in [6.07, 6.45) is -2.43. The summed E-state index contributed by atoms with van der Waals surface area (Å²) in [5, 5.41) is 85.6. The van der Waals surface area contributed by atoms with Gasteiger partial charge in [0.05, 0.1) is 133 Å². The minimum absolute atomic E-state index is 0.0293. The van der Waals surface area contributed by atoms with Crippen LogP contribution in [0.2, 0.25) is 0 Å². The molecule has 1 aromatic rings. The predicted octanol–water partition coefficient (Wildman–Crippen LogP) is 4.41. The topological polar surface area (TPSA) is 263 Å². The first-order valence-corrected chi connectivity index (χ1v) is 26.0. The van der Waals surface area contributed by atoms with E-state index in [-0.39, 0.29) is 50.7 Å². The van der Waals surface area contributed by atoms with Gasteiger partial charge in [-0.15, -0.1) is 0 Å². The van der Waals surface area contributed by atoms with Gasteiger partial charge in [-0.2, -0.15) is 0 Å². The fourth-order valence-corrected chi connectivity index (χ4v) is 8.02. The monoisotopic (exact) mass is 1030 g/mol. The van der Waals surface area contributed by atoms with E-state index in [0.717, 1.165) is 12.0 Å². The standard InChI is InChI=1S/C53H94O19/c1-7-9-42(54)35-50-37-51(72-53(71-50)41-14-16-49(17-15-41)69-29-27-67-25-23-65-21-19-63-6)36-48(60)34-47(59)33-46(58)32-45(57)31-44(56)30-43(55)11-8-10-40(4)70-52(61)38(2)12-13-39(3)68-28-26-66-24-22-64-20-18-62-5/h12-17,40,42-48,50-61H,7-11,18-37H2,1-6H3/b38-12+,39-13+. The van der Waals surface area contributed by atoms with Gasteiger partial charge in [0.25, 0.3) is 0 Å². The first kappa shape index (κ1) is 65.7. The zero-order valence-corrected chi connectivity index (χ0v) is 44.1. The highest BCUT2D eigenvalue weighted by atomic mass is 16.7. The number of aliphatic hydroxyl groups excluding tert-OH is 8. The van der Waals surface area contributed by atoms with Crippen molar-refractivity contribution < 1.29 is 93.0 Å². The summed E-state index contributed by atoms with van der Waals surface area (Å²) in [7, 11) is 3.24. The number of allylic oxidation sites excluding steroid dienone is 3. The van der Waals surface area contributed by atoms with E-state index in [1.54, 1.807) is 33.3 Å². The van der Waals surface area contributed by atoms with E-state index in [9.17, 15) is 40.9 Å². The molecule has 12 atom stereocenters. The first-order valence-electron chi connectivity index (χ1n) is 26.0. The molecule has 1 heterocycles. The molecular formula is C53H94O19. The molecule has 19 nitrogen and oxygen atoms in total. The fourth-order valence-electron chi connectivity index (χ4n) is 8.02. The highest BCUT2D eigenvalue weighted by molar-refractivity contribution is 5.28. The maximum atomic E-state index is 11.1. The highest BCUT2D eigenvalue weighted by Crippen LogP contribution is 2.35. The smallest absolute Gasteiger partial charge is 0.184 e. The molecule has 0 bridgehead atoms. The lowest BCUT2D eigenvalue weighted by Crippen LogP contribution is -2.38. The van der Waals surface area contributed by atoms with Crippen molar-refractivity contribution in [3.8, 4) is 5.75 Å². The Morgan fingerprint density at radius 1 is 0.569 bits per heavy atom. The summed E-state index contributed by atoms with van der Waals surface area (Å²) in [6, 6.07) is 7.33. The van der Waals surface area contributed by atoms with Gasteiger partial charge < -0.3 is 93.0 Å². The Labute approximate surface area is 429 Å². The van der Waals surface area contributed by atoms with Crippen LogP contribution in [0.25, 0.3) is 0 Å². The molecule has 1 aromatic carbocycles. The van der Waals surface area contributed by atoms with Crippen molar-refractivity contribution in [3.05, 3.63) is 53.3 Å². The zero-order valence-electron chi connectivity index (χ0n) is 44.1. The molecule has 1 aliphatic heterocycles. The number of hydrogen-bond acceptors (Lipinski definition) is 19. The Kier molecular flexibility index (Phi) is 37.3. The van der Waals surface area contributed by atoms with Crippen LogP contribution in [-0.4, -0.2) is 202 Å². The van der Waals surface area contributed by atoms with Gasteiger partial charge in [0.2, 0.25) is 0 Å². The second-order valence-corrected chi connectivity index (χ2v) is 18.7. The van der Waals surface area contributed by atoms with Crippen LogP contribution in [0.4, 0.5) is 0 Å². The van der Waals surface area contributed by atoms with Crippen LogP contribution < -0.4 is 4.74 Å². The zero-order chi connectivity index (χ0) is 52.9. The van der Waals surface area contributed by atoms with E-state index >= 15 is 0 Å². The minimum atomic E-state index is -1.12. The molecule has 0 aromatic heterocycles. The molecule has 1 fully saturated rings. The Bertz CT molecular complexity index is 1500. The Morgan fingerprint density at radius 2 is 1.04 bits per heavy atom. The third-order valence-electron chi connectivity index (χ3n) is 11.9. The molecule has 0 radical (unpaired) electrons. The van der Waals surface area contributed by atoms with E-state index in [0.29, 0.717) is 135 Å². The molecule has 0 amide bonds. The van der Waals surface area contributed by atoms with Gasteiger partial charge >= 0.3 is 0 Å². The molecule has 2 rings (SSSR count). The summed E-state index contributed by atoms with van der Waals surface area (Å²) in [5.74, 6) is 1.31. The van der Waals surface area contributed by atoms with Crippen molar-refractivity contribution in [1.29, 1.82) is 0 Å². The normalized spacial score (nSPS) is 20.6. The van der Waals surface area contributed by atoms with Crippen LogP contribution in [-0.2, 0) is 47.4 Å². The third kappa shape index (κ3) is 32.8. The molecule has 0 spiro atoms. The van der Waals surface area contributed by atoms with Gasteiger partial charge in [-0.3, -0.25) is 0 Å². The summed E-state index contributed by atoms with van der Waals surface area (Å²) < 4.78 is 61.4. The average Bonchev–Trinajstić information content (AvgIpc) is 3.31. The maximum Gasteiger partial charge on any atom is 0.184 e. The van der Waals surface area contributed by atoms with E-state index in [4.69, 9.17) is 52.1 Å². The van der Waals surface area contributed by atoms with E-state index in [2.05, 4.69) is 0 Å². The Balaban J connectivity index is 1.70. The number of aliphatic hydroxyl groups is 8. The van der Waals surface area contributed by atoms with Gasteiger partial charge in [0.1, 0.15) is 19.0 Å². The van der Waals surface area contributed by atoms with Crippen LogP contribution in [0.5, 0.6) is 5.75 Å². The second-order valence-electron chi connectivity index (χ2n) is 18.7. The summed E-state index contributed by atoms with van der Waals surface area (Å²) in [6.45, 7) is 12.9. The third-order valence-corrected chi connectivity index (χ3v) is 11.9. The average molecular weight is 1040 g/mol. The molecule has 0 saturated carbocycles. The second kappa shape index (κ2) is 40.9. The molecule has 420 valence electrons. The van der Waals surface area contributed by atoms with Gasteiger partial charge in [0.15, 0.2) is 12.6 Å². The summed E-state index contributed by atoms with van der Waals surface area (Å²) >= 11 is 0. The van der Waals surface area contributed by atoms with E-state index in [1.165, 1.54) is 0 Å². The lowest BCUT2D eigenvalue weighted by atomic mass is 9.94. The lowest BCUT2D eigenvalue weighted by Gasteiger charge is -2.37. The van der Waals surface area contributed by atoms with Crippen LogP contribution in [0.3, 0.4) is 0 Å². The van der Waals surface area contributed by atoms with Gasteiger partial charge in [-0.05, 0) is 115 Å². The fraction of sp³-hybridized carbons (Fsp3) is 0.811. The Morgan fingerprint density at radius 3 is 1.57 bits per heavy atom. The van der Waals surface area contributed by atoms with Crippen LogP contribution >= 0.6 is 0 Å². The van der Waals surface area contributed by atoms with E-state index < -0.39 is 61.4 Å². The summed E-state index contributed by atoms with van der Waals surface area (Å²) in [4.78, 5) is 0. The van der Waals surface area contributed by atoms with Crippen molar-refractivity contribution in [2.24, 2.45) is 0 Å². The predicted molar refractivity (Wildman–Crippen MR) is 269 cm³/mol. The molecule has 19 heteroatoms. The number of ether oxygens (including phenoxy) is 11. The molecular weight excluding hydrogens is 941 g/mol. The number of hydrogen-bond donors (Lipinski definition) is 8. The van der Waals surface area contributed by atoms with Gasteiger partial charge in [0, 0.05) is 26.2 Å². The van der Waals surface area contributed by atoms with Gasteiger partial charge in [-0.25, -0.2) is 0 Å². The highest BCUT2D eigenvalue weighted by Gasteiger charge is 2.34. The molecule has 72 heavy (non-hydrogen) atoms. The molecule has 1 aliphatic rings. The molecule has 1 saturated heterocycles. The first-order chi connectivity index (χ1) is 34.6. The SMILES string of the molecule is CCCC(O)CC1CC(CC(O)CC(O)CC(O)CC(O)CC(O)CC(O)CCCC(C)OC(O)/C(C)=C/C=C(\C)OCCOCCOCCOC)OC(c2ccc(OCCOCCOCCOC)cc2)O1. The van der Waals surface area contributed by atoms with Crippen LogP contribution in [0.1, 0.15) is 123 Å². The molecule has 0 aliphatic carbocycles. The lowest BCUT2D eigenvalue weighted by molar-refractivity contribution is -0.256. The van der Waals surface area contributed by atoms with Crippen molar-refractivity contribution in [3.63, 3.8) is 0 Å². The van der Waals surface area contributed by atoms with Crippen molar-refractivity contribution >= 4 is 0 Å². The number of methoxy groups -OCH3 is 2. The summed E-state index contributed by atoms with van der Waals surface area (Å²) in [5.41, 5.74) is 1.34. The number of benzene rings is 1. The van der Waals surface area contributed by atoms with Crippen LogP contribution in [0.15, 0.2) is 47.7 Å². The Hall–Kier alpha value is -2.38. The van der Waals surface area contributed by atoms with Crippen LogP contribution in [0, 0.1) is 0 Å². The van der Waals surface area contributed by atoms with Crippen molar-refractivity contribution in [2.45, 2.75) is 185 Å². The van der Waals surface area contributed by atoms with Crippen molar-refractivity contribution in [1.82, 2.24) is 0 Å². The quantitative estimate of drug-likeness (QED) is 0.0195. The van der Waals surface area contributed by atoms with E-state index in [1.807, 2.05) is 45.0 Å².